The Kier molecular flexibility index (Phi) is 3.40. The molecule has 1 heterocycles. The first-order chi connectivity index (χ1) is 8.93. The lowest BCUT2D eigenvalue weighted by Crippen LogP contribution is -2.34. The minimum absolute atomic E-state index is 0.322. The van der Waals surface area contributed by atoms with E-state index >= 15 is 0 Å². The van der Waals surface area contributed by atoms with Crippen LogP contribution in [-0.4, -0.2) is 19.8 Å². The molecule has 92 valence electrons. The maximum Gasteiger partial charge on any atom is 0.0662 e. The van der Waals surface area contributed by atoms with Crippen molar-refractivity contribution in [2.75, 3.05) is 19.8 Å². The standard InChI is InChI=1S/C16H17NO/c1-2-5-13(6-3-1)14-7-4-8-15(11-14)16-12-18-10-9-17-16/h1-8,11,16-17H,9-10,12H2/t16-/m0/s1. The second-order valence-corrected chi connectivity index (χ2v) is 4.57. The average molecular weight is 239 g/mol. The molecule has 0 aromatic heterocycles. The Hall–Kier alpha value is -1.64. The lowest BCUT2D eigenvalue weighted by Gasteiger charge is -2.24. The molecule has 0 aliphatic carbocycles. The molecule has 2 aromatic rings. The summed E-state index contributed by atoms with van der Waals surface area (Å²) < 4.78 is 5.52. The van der Waals surface area contributed by atoms with Gasteiger partial charge in [-0.3, -0.25) is 0 Å². The third-order valence-electron chi connectivity index (χ3n) is 3.32. The van der Waals surface area contributed by atoms with E-state index in [1.165, 1.54) is 16.7 Å². The number of hydrogen-bond acceptors (Lipinski definition) is 2. The highest BCUT2D eigenvalue weighted by Gasteiger charge is 2.15. The van der Waals surface area contributed by atoms with Gasteiger partial charge in [-0.15, -0.1) is 0 Å². The number of hydrogen-bond donors (Lipinski definition) is 1. The van der Waals surface area contributed by atoms with Crippen LogP contribution >= 0.6 is 0 Å². The molecule has 0 spiro atoms. The highest BCUT2D eigenvalue weighted by Crippen LogP contribution is 2.24. The van der Waals surface area contributed by atoms with E-state index < -0.39 is 0 Å². The number of ether oxygens (including phenoxy) is 1. The van der Waals surface area contributed by atoms with Gasteiger partial charge >= 0.3 is 0 Å². The van der Waals surface area contributed by atoms with E-state index in [0.29, 0.717) is 6.04 Å². The predicted molar refractivity (Wildman–Crippen MR) is 73.4 cm³/mol. The minimum atomic E-state index is 0.322. The fraction of sp³-hybridized carbons (Fsp3) is 0.250. The molecular formula is C16H17NO. The molecule has 1 aliphatic heterocycles. The third kappa shape index (κ3) is 2.45. The lowest BCUT2D eigenvalue weighted by molar-refractivity contribution is 0.0769. The number of rotatable bonds is 2. The quantitative estimate of drug-likeness (QED) is 0.869. The highest BCUT2D eigenvalue weighted by atomic mass is 16.5. The molecule has 0 saturated carbocycles. The Morgan fingerprint density at radius 1 is 0.944 bits per heavy atom. The van der Waals surface area contributed by atoms with Gasteiger partial charge in [0.1, 0.15) is 0 Å². The second kappa shape index (κ2) is 5.34. The monoisotopic (exact) mass is 239 g/mol. The van der Waals surface area contributed by atoms with Crippen LogP contribution in [0.3, 0.4) is 0 Å². The summed E-state index contributed by atoms with van der Waals surface area (Å²) in [5.74, 6) is 0. The summed E-state index contributed by atoms with van der Waals surface area (Å²) in [4.78, 5) is 0. The topological polar surface area (TPSA) is 21.3 Å². The van der Waals surface area contributed by atoms with Crippen molar-refractivity contribution in [3.63, 3.8) is 0 Å². The molecule has 0 amide bonds. The number of benzene rings is 2. The van der Waals surface area contributed by atoms with Gasteiger partial charge in [-0.2, -0.15) is 0 Å². The molecule has 1 aliphatic rings. The van der Waals surface area contributed by atoms with E-state index in [1.54, 1.807) is 0 Å². The Balaban J connectivity index is 1.89. The third-order valence-corrected chi connectivity index (χ3v) is 3.32. The molecule has 0 bridgehead atoms. The van der Waals surface area contributed by atoms with Crippen LogP contribution in [0.1, 0.15) is 11.6 Å². The van der Waals surface area contributed by atoms with Crippen LogP contribution in [0.5, 0.6) is 0 Å². The van der Waals surface area contributed by atoms with E-state index in [9.17, 15) is 0 Å². The first kappa shape index (κ1) is 11.5. The van der Waals surface area contributed by atoms with E-state index in [4.69, 9.17) is 4.74 Å². The van der Waals surface area contributed by atoms with Crippen LogP contribution < -0.4 is 5.32 Å². The first-order valence-corrected chi connectivity index (χ1v) is 6.40. The molecule has 1 N–H and O–H groups in total. The molecule has 1 fully saturated rings. The molecule has 2 nitrogen and oxygen atoms in total. The molecule has 1 saturated heterocycles. The van der Waals surface area contributed by atoms with Gasteiger partial charge in [0.25, 0.3) is 0 Å². The van der Waals surface area contributed by atoms with Gasteiger partial charge in [-0.25, -0.2) is 0 Å². The van der Waals surface area contributed by atoms with Crippen LogP contribution in [0.4, 0.5) is 0 Å². The molecule has 3 rings (SSSR count). The van der Waals surface area contributed by atoms with Gasteiger partial charge < -0.3 is 10.1 Å². The molecule has 0 unspecified atom stereocenters. The smallest absolute Gasteiger partial charge is 0.0662 e. The van der Waals surface area contributed by atoms with Crippen molar-refractivity contribution in [2.45, 2.75) is 6.04 Å². The van der Waals surface area contributed by atoms with E-state index in [-0.39, 0.29) is 0 Å². The van der Waals surface area contributed by atoms with E-state index in [2.05, 4.69) is 53.8 Å². The lowest BCUT2D eigenvalue weighted by atomic mass is 9.99. The van der Waals surface area contributed by atoms with Crippen molar-refractivity contribution in [2.24, 2.45) is 0 Å². The van der Waals surface area contributed by atoms with Gasteiger partial charge in [-0.05, 0) is 22.8 Å². The van der Waals surface area contributed by atoms with Crippen molar-refractivity contribution in [3.8, 4) is 11.1 Å². The van der Waals surface area contributed by atoms with E-state index in [1.807, 2.05) is 6.07 Å². The summed E-state index contributed by atoms with van der Waals surface area (Å²) in [7, 11) is 0. The summed E-state index contributed by atoms with van der Waals surface area (Å²) in [6, 6.07) is 19.5. The van der Waals surface area contributed by atoms with Gasteiger partial charge in [0.15, 0.2) is 0 Å². The molecule has 0 radical (unpaired) electrons. The zero-order valence-electron chi connectivity index (χ0n) is 10.3. The van der Waals surface area contributed by atoms with E-state index in [0.717, 1.165) is 19.8 Å². The largest absolute Gasteiger partial charge is 0.378 e. The average Bonchev–Trinajstić information content (AvgIpc) is 2.49. The van der Waals surface area contributed by atoms with Gasteiger partial charge in [0.05, 0.1) is 19.3 Å². The van der Waals surface area contributed by atoms with Crippen LogP contribution in [-0.2, 0) is 4.74 Å². The molecule has 1 atom stereocenters. The summed E-state index contributed by atoms with van der Waals surface area (Å²) >= 11 is 0. The van der Waals surface area contributed by atoms with Crippen molar-refractivity contribution < 1.29 is 4.74 Å². The van der Waals surface area contributed by atoms with Crippen LogP contribution in [0.25, 0.3) is 11.1 Å². The Morgan fingerprint density at radius 3 is 2.56 bits per heavy atom. The Morgan fingerprint density at radius 2 is 1.78 bits per heavy atom. The summed E-state index contributed by atoms with van der Waals surface area (Å²) in [6.07, 6.45) is 0. The SMILES string of the molecule is c1ccc(-c2cccc([C@@H]3COCCN3)c2)cc1. The minimum Gasteiger partial charge on any atom is -0.378 e. The van der Waals surface area contributed by atoms with Gasteiger partial charge in [-0.1, -0.05) is 48.5 Å². The molecule has 2 heteroatoms. The highest BCUT2D eigenvalue weighted by molar-refractivity contribution is 5.64. The first-order valence-electron chi connectivity index (χ1n) is 6.40. The van der Waals surface area contributed by atoms with Crippen LogP contribution in [0.15, 0.2) is 54.6 Å². The van der Waals surface area contributed by atoms with Crippen molar-refractivity contribution in [3.05, 3.63) is 60.2 Å². The molecular weight excluding hydrogens is 222 g/mol. The maximum absolute atomic E-state index is 5.52. The summed E-state index contributed by atoms with van der Waals surface area (Å²) in [5, 5.41) is 3.49. The van der Waals surface area contributed by atoms with Crippen LogP contribution in [0.2, 0.25) is 0 Å². The fourth-order valence-electron chi connectivity index (χ4n) is 2.35. The second-order valence-electron chi connectivity index (χ2n) is 4.57. The number of nitrogens with one attached hydrogen (secondary N) is 1. The van der Waals surface area contributed by atoms with Crippen molar-refractivity contribution >= 4 is 0 Å². The Bertz CT molecular complexity index is 504. The number of morpholine rings is 1. The molecule has 2 aromatic carbocycles. The van der Waals surface area contributed by atoms with Crippen molar-refractivity contribution in [1.82, 2.24) is 5.32 Å². The normalized spacial score (nSPS) is 19.7. The van der Waals surface area contributed by atoms with Crippen LogP contribution in [0, 0.1) is 0 Å². The molecule has 18 heavy (non-hydrogen) atoms. The van der Waals surface area contributed by atoms with Gasteiger partial charge in [0.2, 0.25) is 0 Å². The zero-order chi connectivity index (χ0) is 12.2. The fourth-order valence-corrected chi connectivity index (χ4v) is 2.35. The Labute approximate surface area is 108 Å². The predicted octanol–water partition coefficient (Wildman–Crippen LogP) is 3.01. The summed E-state index contributed by atoms with van der Waals surface area (Å²) in [5.41, 5.74) is 3.83. The van der Waals surface area contributed by atoms with Gasteiger partial charge in [0, 0.05) is 6.54 Å². The zero-order valence-corrected chi connectivity index (χ0v) is 10.3. The maximum atomic E-state index is 5.52. The van der Waals surface area contributed by atoms with Crippen molar-refractivity contribution in [1.29, 1.82) is 0 Å². The summed E-state index contributed by atoms with van der Waals surface area (Å²) in [6.45, 7) is 2.51.